The van der Waals surface area contributed by atoms with Crippen LogP contribution in [-0.4, -0.2) is 51.0 Å². The van der Waals surface area contributed by atoms with Crippen LogP contribution in [0.5, 0.6) is 0 Å². The van der Waals surface area contributed by atoms with E-state index >= 15 is 0 Å². The van der Waals surface area contributed by atoms with E-state index < -0.39 is 9.84 Å². The molecule has 1 aromatic heterocycles. The van der Waals surface area contributed by atoms with Crippen molar-refractivity contribution in [3.8, 4) is 0 Å². The lowest BCUT2D eigenvalue weighted by Crippen LogP contribution is -2.29. The fourth-order valence-corrected chi connectivity index (χ4v) is 3.21. The van der Waals surface area contributed by atoms with Gasteiger partial charge >= 0.3 is 0 Å². The number of carbonyl (C=O) groups excluding carboxylic acids is 1. The van der Waals surface area contributed by atoms with Crippen LogP contribution in [0.15, 0.2) is 0 Å². The first-order valence-corrected chi connectivity index (χ1v) is 9.40. The van der Waals surface area contributed by atoms with Gasteiger partial charge in [-0.25, -0.2) is 13.4 Å². The molecule has 0 unspecified atom stereocenters. The largest absolute Gasteiger partial charge is 0.382 e. The summed E-state index contributed by atoms with van der Waals surface area (Å²) in [5, 5.41) is 3.25. The van der Waals surface area contributed by atoms with Gasteiger partial charge in [-0.15, -0.1) is 0 Å². The molecule has 0 aliphatic rings. The number of nitrogens with one attached hydrogen (secondary N) is 1. The van der Waals surface area contributed by atoms with Gasteiger partial charge in [0.25, 0.3) is 5.91 Å². The molecule has 0 bridgehead atoms. The molecule has 120 valence electrons. The van der Waals surface area contributed by atoms with Crippen LogP contribution in [-0.2, 0) is 9.84 Å². The Bertz CT molecular complexity index is 583. The van der Waals surface area contributed by atoms with Crippen molar-refractivity contribution in [2.75, 3.05) is 42.3 Å². The van der Waals surface area contributed by atoms with Crippen molar-refractivity contribution < 1.29 is 13.2 Å². The van der Waals surface area contributed by atoms with Gasteiger partial charge in [-0.1, -0.05) is 25.2 Å². The maximum atomic E-state index is 12.0. The lowest BCUT2D eigenvalue weighted by atomic mass is 10.4. The molecule has 0 aliphatic carbocycles. The first-order valence-electron chi connectivity index (χ1n) is 6.76. The minimum Gasteiger partial charge on any atom is -0.382 e. The summed E-state index contributed by atoms with van der Waals surface area (Å²) in [6.07, 6.45) is 0.965. The summed E-state index contributed by atoms with van der Waals surface area (Å²) in [5.74, 6) is -0.213. The van der Waals surface area contributed by atoms with Crippen LogP contribution < -0.4 is 16.0 Å². The van der Waals surface area contributed by atoms with Gasteiger partial charge in [0.15, 0.2) is 15.0 Å². The predicted octanol–water partition coefficient (Wildman–Crippen LogP) is 0.736. The molecular formula is C12H22N4O3S2. The van der Waals surface area contributed by atoms with Crippen molar-refractivity contribution in [1.82, 2.24) is 10.3 Å². The van der Waals surface area contributed by atoms with Gasteiger partial charge in [0.05, 0.1) is 5.75 Å². The lowest BCUT2D eigenvalue weighted by Gasteiger charge is -2.13. The van der Waals surface area contributed by atoms with E-state index in [1.807, 2.05) is 11.9 Å². The van der Waals surface area contributed by atoms with E-state index in [0.29, 0.717) is 10.0 Å². The third-order valence-electron chi connectivity index (χ3n) is 2.87. The van der Waals surface area contributed by atoms with Gasteiger partial charge < -0.3 is 16.0 Å². The predicted molar refractivity (Wildman–Crippen MR) is 86.7 cm³/mol. The number of carbonyl (C=O) groups is 1. The number of rotatable bonds is 8. The van der Waals surface area contributed by atoms with Gasteiger partial charge in [-0.05, 0) is 6.42 Å². The molecule has 3 N–H and O–H groups in total. The lowest BCUT2D eigenvalue weighted by molar-refractivity contribution is 0.0961. The van der Waals surface area contributed by atoms with Gasteiger partial charge in [0, 0.05) is 25.9 Å². The Morgan fingerprint density at radius 1 is 1.43 bits per heavy atom. The van der Waals surface area contributed by atoms with Crippen molar-refractivity contribution in [2.45, 2.75) is 20.3 Å². The van der Waals surface area contributed by atoms with Crippen LogP contribution in [0.25, 0.3) is 0 Å². The number of amides is 1. The molecule has 21 heavy (non-hydrogen) atoms. The Morgan fingerprint density at radius 3 is 2.67 bits per heavy atom. The fraction of sp³-hybridized carbons (Fsp3) is 0.667. The minimum absolute atomic E-state index is 0.0670. The Balaban J connectivity index is 2.66. The van der Waals surface area contributed by atoms with Crippen LogP contribution >= 0.6 is 11.3 Å². The van der Waals surface area contributed by atoms with Gasteiger partial charge in [0.1, 0.15) is 10.7 Å². The summed E-state index contributed by atoms with van der Waals surface area (Å²) in [4.78, 5) is 18.4. The zero-order valence-corrected chi connectivity index (χ0v) is 14.2. The SMILES string of the molecule is CCCN(C)c1nc(N)c(C(=O)NCCS(=O)(=O)CC)s1. The van der Waals surface area contributed by atoms with Crippen LogP contribution in [0.2, 0.25) is 0 Å². The average molecular weight is 334 g/mol. The van der Waals surface area contributed by atoms with Gasteiger partial charge in [-0.3, -0.25) is 4.79 Å². The highest BCUT2D eigenvalue weighted by Crippen LogP contribution is 2.27. The Hall–Kier alpha value is -1.35. The second kappa shape index (κ2) is 7.60. The van der Waals surface area contributed by atoms with Crippen LogP contribution in [0.1, 0.15) is 29.9 Å². The highest BCUT2D eigenvalue weighted by Gasteiger charge is 2.18. The fourth-order valence-electron chi connectivity index (χ4n) is 1.62. The number of nitrogen functional groups attached to an aromatic ring is 1. The normalized spacial score (nSPS) is 11.4. The number of nitrogens with two attached hydrogens (primary N) is 1. The topological polar surface area (TPSA) is 105 Å². The Morgan fingerprint density at radius 2 is 2.10 bits per heavy atom. The van der Waals surface area contributed by atoms with Gasteiger partial charge in [0.2, 0.25) is 0 Å². The van der Waals surface area contributed by atoms with E-state index in [4.69, 9.17) is 5.73 Å². The van der Waals surface area contributed by atoms with E-state index in [1.54, 1.807) is 6.92 Å². The van der Waals surface area contributed by atoms with Crippen molar-refractivity contribution >= 4 is 38.0 Å². The molecule has 0 fully saturated rings. The van der Waals surface area contributed by atoms with Crippen molar-refractivity contribution in [3.63, 3.8) is 0 Å². The maximum Gasteiger partial charge on any atom is 0.265 e. The summed E-state index contributed by atoms with van der Waals surface area (Å²) in [7, 11) is -1.20. The molecule has 1 heterocycles. The molecule has 9 heteroatoms. The quantitative estimate of drug-likeness (QED) is 0.726. The molecule has 1 amide bonds. The number of nitrogens with zero attached hydrogens (tertiary/aromatic N) is 2. The molecule has 0 atom stereocenters. The number of hydrogen-bond donors (Lipinski definition) is 2. The van der Waals surface area contributed by atoms with E-state index in [2.05, 4.69) is 17.2 Å². The smallest absolute Gasteiger partial charge is 0.265 e. The summed E-state index contributed by atoms with van der Waals surface area (Å²) < 4.78 is 22.7. The first-order chi connectivity index (χ1) is 9.80. The molecule has 7 nitrogen and oxygen atoms in total. The van der Waals surface area contributed by atoms with Crippen LogP contribution in [0, 0.1) is 0 Å². The monoisotopic (exact) mass is 334 g/mol. The maximum absolute atomic E-state index is 12.0. The summed E-state index contributed by atoms with van der Waals surface area (Å²) in [6, 6.07) is 0. The zero-order chi connectivity index (χ0) is 16.0. The van der Waals surface area contributed by atoms with Crippen molar-refractivity contribution in [2.24, 2.45) is 0 Å². The number of anilines is 2. The van der Waals surface area contributed by atoms with Gasteiger partial charge in [-0.2, -0.15) is 0 Å². The molecule has 0 aromatic carbocycles. The molecule has 0 saturated heterocycles. The highest BCUT2D eigenvalue weighted by atomic mass is 32.2. The third kappa shape index (κ3) is 5.16. The Labute approximate surface area is 129 Å². The summed E-state index contributed by atoms with van der Waals surface area (Å²) in [5.41, 5.74) is 5.75. The average Bonchev–Trinajstić information content (AvgIpc) is 2.81. The van der Waals surface area contributed by atoms with Crippen LogP contribution in [0.3, 0.4) is 0 Å². The molecule has 1 rings (SSSR count). The minimum atomic E-state index is -3.09. The van der Waals surface area contributed by atoms with E-state index in [9.17, 15) is 13.2 Å². The van der Waals surface area contributed by atoms with E-state index in [-0.39, 0.29) is 29.8 Å². The molecule has 0 aliphatic heterocycles. The molecule has 1 aromatic rings. The standard InChI is InChI=1S/C12H22N4O3S2/c1-4-7-16(3)12-15-10(13)9(20-12)11(17)14-6-8-21(18,19)5-2/h4-8,13H2,1-3H3,(H,14,17). The highest BCUT2D eigenvalue weighted by molar-refractivity contribution is 7.91. The second-order valence-corrected chi connectivity index (χ2v) is 8.07. The number of thiazole rings is 1. The van der Waals surface area contributed by atoms with E-state index in [0.717, 1.165) is 13.0 Å². The van der Waals surface area contributed by atoms with E-state index in [1.165, 1.54) is 11.3 Å². The number of hydrogen-bond acceptors (Lipinski definition) is 7. The first kappa shape index (κ1) is 17.7. The molecular weight excluding hydrogens is 312 g/mol. The Kier molecular flexibility index (Phi) is 6.41. The number of aromatic nitrogens is 1. The van der Waals surface area contributed by atoms with Crippen molar-refractivity contribution in [1.29, 1.82) is 0 Å². The van der Waals surface area contributed by atoms with Crippen molar-refractivity contribution in [3.05, 3.63) is 4.88 Å². The number of sulfone groups is 1. The second-order valence-electron chi connectivity index (χ2n) is 4.62. The molecule has 0 radical (unpaired) electrons. The summed E-state index contributed by atoms with van der Waals surface area (Å²) >= 11 is 1.21. The summed E-state index contributed by atoms with van der Waals surface area (Å²) in [6.45, 7) is 4.53. The third-order valence-corrected chi connectivity index (χ3v) is 5.76. The molecule has 0 saturated carbocycles. The zero-order valence-electron chi connectivity index (χ0n) is 12.5. The van der Waals surface area contributed by atoms with Crippen LogP contribution in [0.4, 0.5) is 10.9 Å². The molecule has 0 spiro atoms.